The summed E-state index contributed by atoms with van der Waals surface area (Å²) in [5, 5.41) is 4.68. The SMILES string of the molecule is CCCC(C)NCc1cc(Cl)c(Cl)n1C. The third-order valence-electron chi connectivity index (χ3n) is 2.57. The number of aromatic nitrogens is 1. The van der Waals surface area contributed by atoms with Crippen LogP contribution in [0.1, 0.15) is 32.4 Å². The summed E-state index contributed by atoms with van der Waals surface area (Å²) in [5.41, 5.74) is 1.12. The molecule has 0 saturated carbocycles. The van der Waals surface area contributed by atoms with Gasteiger partial charge in [0.05, 0.1) is 5.02 Å². The van der Waals surface area contributed by atoms with Crippen molar-refractivity contribution >= 4 is 23.2 Å². The van der Waals surface area contributed by atoms with Crippen LogP contribution in [-0.4, -0.2) is 10.6 Å². The van der Waals surface area contributed by atoms with Gasteiger partial charge >= 0.3 is 0 Å². The monoisotopic (exact) mass is 248 g/mol. The molecule has 1 atom stereocenters. The van der Waals surface area contributed by atoms with Crippen molar-refractivity contribution in [3.05, 3.63) is 21.9 Å². The maximum Gasteiger partial charge on any atom is 0.127 e. The highest BCUT2D eigenvalue weighted by Crippen LogP contribution is 2.24. The Morgan fingerprint density at radius 2 is 2.13 bits per heavy atom. The molecule has 0 spiro atoms. The Kier molecular flexibility index (Phi) is 4.97. The zero-order chi connectivity index (χ0) is 11.4. The summed E-state index contributed by atoms with van der Waals surface area (Å²) < 4.78 is 1.91. The lowest BCUT2D eigenvalue weighted by Crippen LogP contribution is -2.26. The van der Waals surface area contributed by atoms with Crippen molar-refractivity contribution in [3.63, 3.8) is 0 Å². The molecule has 0 radical (unpaired) electrons. The fourth-order valence-corrected chi connectivity index (χ4v) is 1.99. The zero-order valence-corrected chi connectivity index (χ0v) is 11.0. The molecule has 1 aromatic rings. The van der Waals surface area contributed by atoms with E-state index in [0.717, 1.165) is 12.2 Å². The van der Waals surface area contributed by atoms with Crippen molar-refractivity contribution in [1.29, 1.82) is 0 Å². The highest BCUT2D eigenvalue weighted by Gasteiger charge is 2.09. The number of hydrogen-bond acceptors (Lipinski definition) is 1. The molecule has 1 aromatic heterocycles. The Bertz CT molecular complexity index is 321. The van der Waals surface area contributed by atoms with Gasteiger partial charge in [0.2, 0.25) is 0 Å². The van der Waals surface area contributed by atoms with Gasteiger partial charge in [-0.1, -0.05) is 36.5 Å². The van der Waals surface area contributed by atoms with Crippen molar-refractivity contribution in [2.24, 2.45) is 7.05 Å². The van der Waals surface area contributed by atoms with Crippen LogP contribution < -0.4 is 5.32 Å². The molecular formula is C11H18Cl2N2. The van der Waals surface area contributed by atoms with Crippen molar-refractivity contribution in [2.75, 3.05) is 0 Å². The molecule has 0 aliphatic carbocycles. The third kappa shape index (κ3) is 3.40. The molecule has 2 nitrogen and oxygen atoms in total. The van der Waals surface area contributed by atoms with E-state index in [4.69, 9.17) is 23.2 Å². The first-order valence-electron chi connectivity index (χ1n) is 5.29. The first kappa shape index (κ1) is 12.9. The Labute approximate surface area is 102 Å². The summed E-state index contributed by atoms with van der Waals surface area (Å²) >= 11 is 11.9. The topological polar surface area (TPSA) is 17.0 Å². The lowest BCUT2D eigenvalue weighted by molar-refractivity contribution is 0.499. The van der Waals surface area contributed by atoms with Gasteiger partial charge in [-0.2, -0.15) is 0 Å². The van der Waals surface area contributed by atoms with Crippen LogP contribution >= 0.6 is 23.2 Å². The minimum Gasteiger partial charge on any atom is -0.336 e. The van der Waals surface area contributed by atoms with Crippen LogP contribution in [-0.2, 0) is 13.6 Å². The van der Waals surface area contributed by atoms with E-state index in [-0.39, 0.29) is 0 Å². The normalized spacial score (nSPS) is 13.1. The first-order valence-corrected chi connectivity index (χ1v) is 6.04. The van der Waals surface area contributed by atoms with Gasteiger partial charge in [0, 0.05) is 25.3 Å². The van der Waals surface area contributed by atoms with E-state index in [2.05, 4.69) is 19.2 Å². The van der Waals surface area contributed by atoms with E-state index in [0.29, 0.717) is 16.2 Å². The molecule has 0 amide bonds. The van der Waals surface area contributed by atoms with Gasteiger partial charge in [-0.25, -0.2) is 0 Å². The van der Waals surface area contributed by atoms with Gasteiger partial charge in [0.25, 0.3) is 0 Å². The average molecular weight is 249 g/mol. The van der Waals surface area contributed by atoms with Gasteiger partial charge in [-0.15, -0.1) is 0 Å². The number of halogens is 2. The van der Waals surface area contributed by atoms with Crippen LogP contribution in [0.5, 0.6) is 0 Å². The van der Waals surface area contributed by atoms with Gasteiger partial charge in [0.15, 0.2) is 0 Å². The van der Waals surface area contributed by atoms with Gasteiger partial charge in [-0.3, -0.25) is 0 Å². The second-order valence-electron chi connectivity index (χ2n) is 3.90. The lowest BCUT2D eigenvalue weighted by Gasteiger charge is -2.13. The molecule has 1 unspecified atom stereocenters. The Morgan fingerprint density at radius 3 is 2.60 bits per heavy atom. The summed E-state index contributed by atoms with van der Waals surface area (Å²) in [6.45, 7) is 5.19. The largest absolute Gasteiger partial charge is 0.336 e. The molecule has 0 bridgehead atoms. The van der Waals surface area contributed by atoms with Crippen LogP contribution in [0.15, 0.2) is 6.07 Å². The van der Waals surface area contributed by atoms with E-state index >= 15 is 0 Å². The van der Waals surface area contributed by atoms with E-state index in [9.17, 15) is 0 Å². The van der Waals surface area contributed by atoms with Gasteiger partial charge < -0.3 is 9.88 Å². The molecule has 0 fully saturated rings. The molecule has 1 heterocycles. The maximum absolute atomic E-state index is 5.98. The van der Waals surface area contributed by atoms with Gasteiger partial charge in [-0.05, 0) is 19.4 Å². The lowest BCUT2D eigenvalue weighted by atomic mass is 10.2. The van der Waals surface area contributed by atoms with Crippen molar-refractivity contribution in [1.82, 2.24) is 9.88 Å². The van der Waals surface area contributed by atoms with E-state index < -0.39 is 0 Å². The van der Waals surface area contributed by atoms with Crippen molar-refractivity contribution in [3.8, 4) is 0 Å². The summed E-state index contributed by atoms with van der Waals surface area (Å²) in [6.07, 6.45) is 2.38. The quantitative estimate of drug-likeness (QED) is 0.843. The molecule has 0 saturated heterocycles. The van der Waals surface area contributed by atoms with Gasteiger partial charge in [0.1, 0.15) is 5.15 Å². The Hall–Kier alpha value is -0.180. The van der Waals surface area contributed by atoms with Crippen molar-refractivity contribution < 1.29 is 0 Å². The summed E-state index contributed by atoms with van der Waals surface area (Å²) in [4.78, 5) is 0. The fourth-order valence-electron chi connectivity index (χ4n) is 1.57. The second-order valence-corrected chi connectivity index (χ2v) is 4.67. The average Bonchev–Trinajstić information content (AvgIpc) is 2.43. The highest BCUT2D eigenvalue weighted by molar-refractivity contribution is 6.41. The minimum absolute atomic E-state index is 0.530. The maximum atomic E-state index is 5.98. The molecular weight excluding hydrogens is 231 g/mol. The van der Waals surface area contributed by atoms with E-state index in [1.807, 2.05) is 17.7 Å². The number of hydrogen-bond donors (Lipinski definition) is 1. The van der Waals surface area contributed by atoms with Crippen LogP contribution in [0.3, 0.4) is 0 Å². The highest BCUT2D eigenvalue weighted by atomic mass is 35.5. The van der Waals surface area contributed by atoms with Crippen LogP contribution in [0.2, 0.25) is 10.2 Å². The predicted octanol–water partition coefficient (Wildman–Crippen LogP) is 3.61. The van der Waals surface area contributed by atoms with E-state index in [1.165, 1.54) is 12.8 Å². The number of nitrogens with zero attached hydrogens (tertiary/aromatic N) is 1. The Morgan fingerprint density at radius 1 is 1.47 bits per heavy atom. The third-order valence-corrected chi connectivity index (χ3v) is 3.41. The van der Waals surface area contributed by atoms with Crippen molar-refractivity contribution in [2.45, 2.75) is 39.3 Å². The van der Waals surface area contributed by atoms with Crippen LogP contribution in [0.25, 0.3) is 0 Å². The predicted molar refractivity (Wildman–Crippen MR) is 66.6 cm³/mol. The molecule has 4 heteroatoms. The standard InChI is InChI=1S/C11H18Cl2N2/c1-4-5-8(2)14-7-9-6-10(12)11(13)15(9)3/h6,8,14H,4-5,7H2,1-3H3. The summed E-state index contributed by atoms with van der Waals surface area (Å²) in [5.74, 6) is 0. The van der Waals surface area contributed by atoms with E-state index in [1.54, 1.807) is 0 Å². The minimum atomic E-state index is 0.530. The fraction of sp³-hybridized carbons (Fsp3) is 0.636. The molecule has 86 valence electrons. The Balaban J connectivity index is 2.54. The summed E-state index contributed by atoms with van der Waals surface area (Å²) in [6, 6.07) is 2.44. The molecule has 15 heavy (non-hydrogen) atoms. The smallest absolute Gasteiger partial charge is 0.127 e. The number of rotatable bonds is 5. The molecule has 0 aliphatic rings. The molecule has 0 aliphatic heterocycles. The zero-order valence-electron chi connectivity index (χ0n) is 9.48. The first-order chi connectivity index (χ1) is 7.06. The van der Waals surface area contributed by atoms with Crippen LogP contribution in [0, 0.1) is 0 Å². The molecule has 1 rings (SSSR count). The second kappa shape index (κ2) is 5.78. The van der Waals surface area contributed by atoms with Crippen LogP contribution in [0.4, 0.5) is 0 Å². The molecule has 0 aromatic carbocycles. The summed E-state index contributed by atoms with van der Waals surface area (Å²) in [7, 11) is 1.93. The molecule has 1 N–H and O–H groups in total. The number of nitrogens with one attached hydrogen (secondary N) is 1.